The number of rotatable bonds is 5. The van der Waals surface area contributed by atoms with E-state index < -0.39 is 5.97 Å². The van der Waals surface area contributed by atoms with Crippen molar-refractivity contribution in [2.24, 2.45) is 0 Å². The van der Waals surface area contributed by atoms with Gasteiger partial charge >= 0.3 is 5.97 Å². The summed E-state index contributed by atoms with van der Waals surface area (Å²) in [5, 5.41) is 9.24. The molecule has 1 N–H and O–H groups in total. The number of thioether (sulfide) groups is 1. The molecule has 1 saturated heterocycles. The van der Waals surface area contributed by atoms with Gasteiger partial charge in [-0.3, -0.25) is 0 Å². The molecule has 1 aliphatic heterocycles. The first kappa shape index (κ1) is 13.2. The molecule has 5 heteroatoms. The van der Waals surface area contributed by atoms with Gasteiger partial charge in [-0.2, -0.15) is 0 Å². The van der Waals surface area contributed by atoms with Crippen molar-refractivity contribution < 1.29 is 19.4 Å². The summed E-state index contributed by atoms with van der Waals surface area (Å²) in [5.41, 5.74) is 0.239. The minimum atomic E-state index is -0.956. The Morgan fingerprint density at radius 1 is 1.61 bits per heavy atom. The molecule has 0 aliphatic carbocycles. The van der Waals surface area contributed by atoms with Gasteiger partial charge in [0.05, 0.1) is 6.10 Å². The summed E-state index contributed by atoms with van der Waals surface area (Å²) in [5.74, 6) is -0.535. The summed E-state index contributed by atoms with van der Waals surface area (Å²) in [6, 6.07) is 5.29. The highest BCUT2D eigenvalue weighted by Gasteiger charge is 2.20. The van der Waals surface area contributed by atoms with Gasteiger partial charge in [0, 0.05) is 11.5 Å². The first-order valence-electron chi connectivity index (χ1n) is 5.87. The predicted molar refractivity (Wildman–Crippen MR) is 69.7 cm³/mol. The van der Waals surface area contributed by atoms with Crippen LogP contribution in [0.5, 0.6) is 5.75 Å². The molecule has 1 atom stereocenters. The Morgan fingerprint density at radius 3 is 3.06 bits per heavy atom. The second kappa shape index (κ2) is 6.11. The van der Waals surface area contributed by atoms with E-state index in [1.807, 2.05) is 12.3 Å². The molecule has 1 aromatic rings. The standard InChI is InChI=1S/C13H16O4S/c1-18-11-6-2-5-10(12(11)13(14)15)17-8-9-4-3-7-16-9/h2,5-6,9H,3-4,7-8H2,1H3,(H,14,15). The Kier molecular flexibility index (Phi) is 4.49. The molecule has 98 valence electrons. The molecule has 0 spiro atoms. The highest BCUT2D eigenvalue weighted by molar-refractivity contribution is 7.98. The summed E-state index contributed by atoms with van der Waals surface area (Å²) >= 11 is 1.40. The van der Waals surface area contributed by atoms with Gasteiger partial charge in [0.15, 0.2) is 0 Å². The molecular weight excluding hydrogens is 252 g/mol. The fourth-order valence-corrected chi connectivity index (χ4v) is 2.58. The van der Waals surface area contributed by atoms with E-state index in [4.69, 9.17) is 9.47 Å². The van der Waals surface area contributed by atoms with Crippen molar-refractivity contribution in [3.8, 4) is 5.75 Å². The molecule has 1 unspecified atom stereocenters. The number of benzene rings is 1. The van der Waals surface area contributed by atoms with Crippen LogP contribution in [0.2, 0.25) is 0 Å². The SMILES string of the molecule is CSc1cccc(OCC2CCCO2)c1C(=O)O. The van der Waals surface area contributed by atoms with E-state index in [0.29, 0.717) is 17.3 Å². The topological polar surface area (TPSA) is 55.8 Å². The number of carbonyl (C=O) groups is 1. The molecule has 18 heavy (non-hydrogen) atoms. The average molecular weight is 268 g/mol. The lowest BCUT2D eigenvalue weighted by molar-refractivity contribution is 0.0626. The molecular formula is C13H16O4S. The Balaban J connectivity index is 2.13. The van der Waals surface area contributed by atoms with E-state index in [2.05, 4.69) is 0 Å². The molecule has 1 heterocycles. The summed E-state index contributed by atoms with van der Waals surface area (Å²) in [4.78, 5) is 12.0. The molecule has 4 nitrogen and oxygen atoms in total. The van der Waals surface area contributed by atoms with Gasteiger partial charge in [0.1, 0.15) is 17.9 Å². The number of hydrogen-bond acceptors (Lipinski definition) is 4. The maximum atomic E-state index is 11.3. The minimum absolute atomic E-state index is 0.0876. The Hall–Kier alpha value is -1.20. The van der Waals surface area contributed by atoms with Gasteiger partial charge < -0.3 is 14.6 Å². The number of carboxylic acid groups (broad SMARTS) is 1. The summed E-state index contributed by atoms with van der Waals surface area (Å²) < 4.78 is 11.1. The summed E-state index contributed by atoms with van der Waals surface area (Å²) in [6.45, 7) is 1.18. The zero-order chi connectivity index (χ0) is 13.0. The van der Waals surface area contributed by atoms with E-state index >= 15 is 0 Å². The maximum absolute atomic E-state index is 11.3. The third kappa shape index (κ3) is 2.97. The Labute approximate surface area is 110 Å². The van der Waals surface area contributed by atoms with Crippen LogP contribution < -0.4 is 4.74 Å². The van der Waals surface area contributed by atoms with Gasteiger partial charge in [-0.15, -0.1) is 11.8 Å². The smallest absolute Gasteiger partial charge is 0.340 e. The second-order valence-corrected chi connectivity index (χ2v) is 4.93. The fraction of sp³-hybridized carbons (Fsp3) is 0.462. The van der Waals surface area contributed by atoms with Crippen LogP contribution in [0, 0.1) is 0 Å². The first-order chi connectivity index (χ1) is 8.72. The fourth-order valence-electron chi connectivity index (χ4n) is 1.97. The van der Waals surface area contributed by atoms with Crippen LogP contribution in [0.3, 0.4) is 0 Å². The van der Waals surface area contributed by atoms with Gasteiger partial charge in [0.2, 0.25) is 0 Å². The largest absolute Gasteiger partial charge is 0.490 e. The summed E-state index contributed by atoms with van der Waals surface area (Å²) in [6.07, 6.45) is 3.96. The molecule has 0 aromatic heterocycles. The predicted octanol–water partition coefficient (Wildman–Crippen LogP) is 2.66. The van der Waals surface area contributed by atoms with Crippen molar-refractivity contribution in [3.05, 3.63) is 23.8 Å². The first-order valence-corrected chi connectivity index (χ1v) is 7.09. The monoisotopic (exact) mass is 268 g/mol. The molecule has 1 fully saturated rings. The van der Waals surface area contributed by atoms with Crippen LogP contribution in [0.25, 0.3) is 0 Å². The van der Waals surface area contributed by atoms with Crippen molar-refractivity contribution in [2.75, 3.05) is 19.5 Å². The van der Waals surface area contributed by atoms with E-state index in [9.17, 15) is 9.90 Å². The zero-order valence-corrected chi connectivity index (χ0v) is 11.0. The van der Waals surface area contributed by atoms with Crippen molar-refractivity contribution in [1.29, 1.82) is 0 Å². The quantitative estimate of drug-likeness (QED) is 0.832. The number of ether oxygens (including phenoxy) is 2. The van der Waals surface area contributed by atoms with Gasteiger partial charge in [-0.05, 0) is 31.2 Å². The lowest BCUT2D eigenvalue weighted by Crippen LogP contribution is -2.17. The van der Waals surface area contributed by atoms with Gasteiger partial charge in [0.25, 0.3) is 0 Å². The molecule has 0 saturated carbocycles. The van der Waals surface area contributed by atoms with E-state index in [1.54, 1.807) is 12.1 Å². The van der Waals surface area contributed by atoms with Crippen LogP contribution in [-0.2, 0) is 4.74 Å². The number of hydrogen-bond donors (Lipinski definition) is 1. The van der Waals surface area contributed by atoms with Crippen LogP contribution in [-0.4, -0.2) is 36.6 Å². The number of aromatic carboxylic acids is 1. The lowest BCUT2D eigenvalue weighted by atomic mass is 10.2. The van der Waals surface area contributed by atoms with Crippen LogP contribution in [0.4, 0.5) is 0 Å². The molecule has 1 aliphatic rings. The highest BCUT2D eigenvalue weighted by Crippen LogP contribution is 2.29. The van der Waals surface area contributed by atoms with E-state index in [1.165, 1.54) is 11.8 Å². The van der Waals surface area contributed by atoms with Crippen LogP contribution in [0.1, 0.15) is 23.2 Å². The number of carboxylic acids is 1. The van der Waals surface area contributed by atoms with Gasteiger partial charge in [-0.1, -0.05) is 6.07 Å². The third-order valence-corrected chi connectivity index (χ3v) is 3.65. The van der Waals surface area contributed by atoms with Crippen molar-refractivity contribution >= 4 is 17.7 Å². The summed E-state index contributed by atoms with van der Waals surface area (Å²) in [7, 11) is 0. The van der Waals surface area contributed by atoms with Crippen LogP contribution >= 0.6 is 11.8 Å². The average Bonchev–Trinajstić information content (AvgIpc) is 2.88. The highest BCUT2D eigenvalue weighted by atomic mass is 32.2. The maximum Gasteiger partial charge on any atom is 0.340 e. The normalized spacial score (nSPS) is 18.8. The van der Waals surface area contributed by atoms with E-state index in [-0.39, 0.29) is 11.7 Å². The zero-order valence-electron chi connectivity index (χ0n) is 10.2. The minimum Gasteiger partial charge on any atom is -0.490 e. The van der Waals surface area contributed by atoms with E-state index in [0.717, 1.165) is 19.4 Å². The van der Waals surface area contributed by atoms with Gasteiger partial charge in [-0.25, -0.2) is 4.79 Å². The molecule has 0 radical (unpaired) electrons. The molecule has 1 aromatic carbocycles. The Morgan fingerprint density at radius 2 is 2.44 bits per heavy atom. The van der Waals surface area contributed by atoms with Crippen molar-refractivity contribution in [3.63, 3.8) is 0 Å². The molecule has 2 rings (SSSR count). The Bertz CT molecular complexity index is 427. The molecule has 0 amide bonds. The van der Waals surface area contributed by atoms with Crippen molar-refractivity contribution in [2.45, 2.75) is 23.8 Å². The lowest BCUT2D eigenvalue weighted by Gasteiger charge is -2.14. The van der Waals surface area contributed by atoms with Crippen molar-refractivity contribution in [1.82, 2.24) is 0 Å². The molecule has 0 bridgehead atoms. The second-order valence-electron chi connectivity index (χ2n) is 4.08. The van der Waals surface area contributed by atoms with Crippen LogP contribution in [0.15, 0.2) is 23.1 Å². The third-order valence-electron chi connectivity index (χ3n) is 2.87.